The van der Waals surface area contributed by atoms with E-state index in [9.17, 15) is 0 Å². The number of hydrogen-bond donors (Lipinski definition) is 0. The molecule has 0 saturated heterocycles. The number of halogens is 1. The van der Waals surface area contributed by atoms with E-state index in [-0.39, 0.29) is 0 Å². The first-order valence-electron chi connectivity index (χ1n) is 3.97. The van der Waals surface area contributed by atoms with E-state index in [1.165, 1.54) is 0 Å². The topological polar surface area (TPSA) is 35.0 Å². The first-order valence-corrected chi connectivity index (χ1v) is 5.64. The lowest BCUT2D eigenvalue weighted by Crippen LogP contribution is -1.96. The van der Waals surface area contributed by atoms with E-state index in [0.717, 1.165) is 9.35 Å². The molecule has 2 rings (SSSR count). The quantitative estimate of drug-likeness (QED) is 0.861. The molecule has 0 spiro atoms. The zero-order valence-electron chi connectivity index (χ0n) is 7.18. The maximum atomic E-state index is 5.37. The van der Waals surface area contributed by atoms with Gasteiger partial charge in [0.25, 0.3) is 0 Å². The first-order chi connectivity index (χ1) is 6.84. The third kappa shape index (κ3) is 2.52. The predicted molar refractivity (Wildman–Crippen MR) is 58.4 cm³/mol. The van der Waals surface area contributed by atoms with Gasteiger partial charge in [-0.1, -0.05) is 6.07 Å². The summed E-state index contributed by atoms with van der Waals surface area (Å²) in [5, 5.41) is 2.02. The fraction of sp³-hybridized carbons (Fsp3) is 0.111. The van der Waals surface area contributed by atoms with Crippen LogP contribution in [0.4, 0.5) is 0 Å². The summed E-state index contributed by atoms with van der Waals surface area (Å²) in [6.07, 6.45) is 3.33. The molecular formula is C9H7BrN2OS. The van der Waals surface area contributed by atoms with Crippen molar-refractivity contribution in [3.05, 3.63) is 39.3 Å². The van der Waals surface area contributed by atoms with Crippen LogP contribution < -0.4 is 4.74 Å². The Balaban J connectivity index is 1.95. The molecule has 0 aliphatic carbocycles. The van der Waals surface area contributed by atoms with Gasteiger partial charge in [-0.2, -0.15) is 0 Å². The van der Waals surface area contributed by atoms with Crippen molar-refractivity contribution in [2.45, 2.75) is 6.61 Å². The summed E-state index contributed by atoms with van der Waals surface area (Å²) in [5.41, 5.74) is 0. The van der Waals surface area contributed by atoms with E-state index in [4.69, 9.17) is 4.74 Å². The molecule has 0 aliphatic rings. The second-order valence-corrected chi connectivity index (χ2v) is 4.50. The monoisotopic (exact) mass is 270 g/mol. The van der Waals surface area contributed by atoms with Crippen LogP contribution in [-0.2, 0) is 6.61 Å². The molecule has 0 fully saturated rings. The Labute approximate surface area is 93.9 Å². The van der Waals surface area contributed by atoms with E-state index in [2.05, 4.69) is 25.9 Å². The van der Waals surface area contributed by atoms with E-state index in [1.54, 1.807) is 23.7 Å². The van der Waals surface area contributed by atoms with Gasteiger partial charge in [-0.05, 0) is 27.4 Å². The van der Waals surface area contributed by atoms with Gasteiger partial charge in [0.15, 0.2) is 0 Å². The highest BCUT2D eigenvalue weighted by Gasteiger charge is 1.98. The summed E-state index contributed by atoms with van der Waals surface area (Å²) in [7, 11) is 0. The smallest absolute Gasteiger partial charge is 0.316 e. The predicted octanol–water partition coefficient (Wildman–Crippen LogP) is 2.88. The molecule has 2 heterocycles. The molecule has 3 nitrogen and oxygen atoms in total. The van der Waals surface area contributed by atoms with Gasteiger partial charge < -0.3 is 4.74 Å². The number of ether oxygens (including phenoxy) is 1. The second kappa shape index (κ2) is 4.52. The molecule has 0 amide bonds. The molecule has 0 saturated carbocycles. The summed E-state index contributed by atoms with van der Waals surface area (Å²) in [4.78, 5) is 9.17. The Hall–Kier alpha value is -0.940. The van der Waals surface area contributed by atoms with Crippen molar-refractivity contribution in [1.29, 1.82) is 0 Å². The van der Waals surface area contributed by atoms with Gasteiger partial charge >= 0.3 is 6.01 Å². The Morgan fingerprint density at radius 1 is 1.36 bits per heavy atom. The summed E-state index contributed by atoms with van der Waals surface area (Å²) in [6, 6.07) is 4.41. The molecule has 2 aromatic rings. The summed E-state index contributed by atoms with van der Waals surface area (Å²) < 4.78 is 6.22. The molecule has 14 heavy (non-hydrogen) atoms. The van der Waals surface area contributed by atoms with Gasteiger partial charge in [0, 0.05) is 17.3 Å². The highest BCUT2D eigenvalue weighted by Crippen LogP contribution is 2.12. The lowest BCUT2D eigenvalue weighted by Gasteiger charge is -2.01. The van der Waals surface area contributed by atoms with E-state index < -0.39 is 0 Å². The Kier molecular flexibility index (Phi) is 3.10. The van der Waals surface area contributed by atoms with E-state index in [0.29, 0.717) is 12.6 Å². The average Bonchev–Trinajstić information content (AvgIpc) is 2.70. The van der Waals surface area contributed by atoms with E-state index >= 15 is 0 Å². The molecule has 0 bridgehead atoms. The lowest BCUT2D eigenvalue weighted by molar-refractivity contribution is 0.283. The van der Waals surface area contributed by atoms with Crippen LogP contribution in [0, 0.1) is 0 Å². The SMILES string of the molecule is Brc1cnc(OCc2cccs2)nc1. The fourth-order valence-electron chi connectivity index (χ4n) is 0.905. The van der Waals surface area contributed by atoms with Gasteiger partial charge in [-0.3, -0.25) is 0 Å². The van der Waals surface area contributed by atoms with Gasteiger partial charge in [0.05, 0.1) is 4.47 Å². The number of thiophene rings is 1. The maximum absolute atomic E-state index is 5.37. The molecule has 0 atom stereocenters. The summed E-state index contributed by atoms with van der Waals surface area (Å²) >= 11 is 4.91. The van der Waals surface area contributed by atoms with Crippen molar-refractivity contribution in [3.8, 4) is 6.01 Å². The van der Waals surface area contributed by atoms with Crippen molar-refractivity contribution >= 4 is 27.3 Å². The number of hydrogen-bond acceptors (Lipinski definition) is 4. The van der Waals surface area contributed by atoms with Crippen molar-refractivity contribution in [2.24, 2.45) is 0 Å². The van der Waals surface area contributed by atoms with Crippen molar-refractivity contribution in [3.63, 3.8) is 0 Å². The van der Waals surface area contributed by atoms with E-state index in [1.807, 2.05) is 17.5 Å². The van der Waals surface area contributed by atoms with Crippen LogP contribution in [0.25, 0.3) is 0 Å². The third-order valence-electron chi connectivity index (χ3n) is 1.52. The zero-order valence-corrected chi connectivity index (χ0v) is 9.59. The van der Waals surface area contributed by atoms with Crippen LogP contribution in [0.1, 0.15) is 4.88 Å². The molecular weight excluding hydrogens is 264 g/mol. The van der Waals surface area contributed by atoms with Crippen LogP contribution >= 0.6 is 27.3 Å². The fourth-order valence-corrected chi connectivity index (χ4v) is 1.73. The summed E-state index contributed by atoms with van der Waals surface area (Å²) in [6.45, 7) is 0.527. The molecule has 72 valence electrons. The van der Waals surface area contributed by atoms with Crippen LogP contribution in [0.3, 0.4) is 0 Å². The Bertz CT molecular complexity index is 388. The summed E-state index contributed by atoms with van der Waals surface area (Å²) in [5.74, 6) is 0. The number of rotatable bonds is 3. The lowest BCUT2D eigenvalue weighted by atomic mass is 10.5. The van der Waals surface area contributed by atoms with Gasteiger partial charge in [-0.15, -0.1) is 11.3 Å². The maximum Gasteiger partial charge on any atom is 0.316 e. The third-order valence-corrected chi connectivity index (χ3v) is 2.78. The largest absolute Gasteiger partial charge is 0.458 e. The zero-order chi connectivity index (χ0) is 9.80. The minimum atomic E-state index is 0.404. The van der Waals surface area contributed by atoms with Crippen molar-refractivity contribution in [2.75, 3.05) is 0 Å². The van der Waals surface area contributed by atoms with Gasteiger partial charge in [-0.25, -0.2) is 9.97 Å². The average molecular weight is 271 g/mol. The molecule has 5 heteroatoms. The molecule has 2 aromatic heterocycles. The standard InChI is InChI=1S/C9H7BrN2OS/c10-7-4-11-9(12-5-7)13-6-8-2-1-3-14-8/h1-5H,6H2. The molecule has 0 radical (unpaired) electrons. The minimum Gasteiger partial charge on any atom is -0.458 e. The van der Waals surface area contributed by atoms with Crippen molar-refractivity contribution < 1.29 is 4.74 Å². The number of aromatic nitrogens is 2. The highest BCUT2D eigenvalue weighted by atomic mass is 79.9. The van der Waals surface area contributed by atoms with Gasteiger partial charge in [0.1, 0.15) is 6.61 Å². The first kappa shape index (κ1) is 9.61. The molecule has 0 aromatic carbocycles. The second-order valence-electron chi connectivity index (χ2n) is 2.55. The number of nitrogens with zero attached hydrogens (tertiary/aromatic N) is 2. The minimum absolute atomic E-state index is 0.404. The molecule has 0 aliphatic heterocycles. The van der Waals surface area contributed by atoms with Gasteiger partial charge in [0.2, 0.25) is 0 Å². The molecule has 0 N–H and O–H groups in total. The molecule has 0 unspecified atom stereocenters. The van der Waals surface area contributed by atoms with Crippen LogP contribution in [-0.4, -0.2) is 9.97 Å². The Morgan fingerprint density at radius 3 is 2.79 bits per heavy atom. The van der Waals surface area contributed by atoms with Crippen molar-refractivity contribution in [1.82, 2.24) is 9.97 Å². The normalized spacial score (nSPS) is 10.1. The Morgan fingerprint density at radius 2 is 2.14 bits per heavy atom. The highest BCUT2D eigenvalue weighted by molar-refractivity contribution is 9.10. The van der Waals surface area contributed by atoms with Crippen LogP contribution in [0.15, 0.2) is 34.4 Å². The van der Waals surface area contributed by atoms with Crippen LogP contribution in [0.2, 0.25) is 0 Å². The van der Waals surface area contributed by atoms with Crippen LogP contribution in [0.5, 0.6) is 6.01 Å².